The molecular weight excluding hydrogens is 401 g/mol. The fraction of sp³-hybridized carbons (Fsp3) is 0.529. The zero-order valence-electron chi connectivity index (χ0n) is 16.3. The Morgan fingerprint density at radius 3 is 2.62 bits per heavy atom. The molecule has 3 rings (SSSR count). The standard InChI is InChI=1S/C17H24BN3O7S/c1-18(24)21-10-14(28-29(2,25)26)9-15(21)17(23)19-12-3-5-13(6-4-12)20-7-8-27-11-16(20)22/h3-6,14-15,24H,7-11H2,1-2H3,(H,19,23)/t14-,15-/m1/s1. The van der Waals surface area contributed by atoms with Crippen molar-refractivity contribution in [1.29, 1.82) is 0 Å². The van der Waals surface area contributed by atoms with Crippen molar-refractivity contribution in [2.75, 3.05) is 42.8 Å². The Balaban J connectivity index is 1.66. The molecule has 2 heterocycles. The van der Waals surface area contributed by atoms with Gasteiger partial charge in [0, 0.05) is 24.5 Å². The first-order valence-corrected chi connectivity index (χ1v) is 11.1. The molecule has 0 radical (unpaired) electrons. The number of carbonyl (C=O) groups is 2. The lowest BCUT2D eigenvalue weighted by molar-refractivity contribution is -0.125. The Hall–Kier alpha value is -1.99. The zero-order chi connectivity index (χ0) is 21.2. The van der Waals surface area contributed by atoms with Gasteiger partial charge in [0.25, 0.3) is 16.0 Å². The molecule has 0 aromatic heterocycles. The molecule has 12 heteroatoms. The first kappa shape index (κ1) is 21.7. The number of amides is 2. The van der Waals surface area contributed by atoms with Gasteiger partial charge in [0.1, 0.15) is 6.61 Å². The summed E-state index contributed by atoms with van der Waals surface area (Å²) in [6.07, 6.45) is 0.392. The minimum absolute atomic E-state index is 0.0477. The Morgan fingerprint density at radius 1 is 1.34 bits per heavy atom. The van der Waals surface area contributed by atoms with E-state index in [9.17, 15) is 23.0 Å². The van der Waals surface area contributed by atoms with Crippen LogP contribution in [0.25, 0.3) is 0 Å². The minimum Gasteiger partial charge on any atom is -0.437 e. The maximum absolute atomic E-state index is 12.7. The van der Waals surface area contributed by atoms with Gasteiger partial charge in [-0.25, -0.2) is 0 Å². The third-order valence-corrected chi connectivity index (χ3v) is 5.45. The summed E-state index contributed by atoms with van der Waals surface area (Å²) in [6, 6.07) is 6.09. The molecular formula is C17H24BN3O7S. The second-order valence-corrected chi connectivity index (χ2v) is 8.74. The first-order chi connectivity index (χ1) is 13.6. The SMILES string of the molecule is CB(O)N1C[C@H](OS(C)(=O)=O)C[C@@H]1C(=O)Nc1ccc(N2CCOCC2=O)cc1. The van der Waals surface area contributed by atoms with Gasteiger partial charge in [-0.2, -0.15) is 8.42 Å². The van der Waals surface area contributed by atoms with Gasteiger partial charge in [0.05, 0.1) is 25.0 Å². The van der Waals surface area contributed by atoms with Crippen LogP contribution < -0.4 is 10.2 Å². The lowest BCUT2D eigenvalue weighted by atomic mass is 9.84. The van der Waals surface area contributed by atoms with E-state index in [1.165, 1.54) is 11.6 Å². The lowest BCUT2D eigenvalue weighted by Gasteiger charge is -2.27. The van der Waals surface area contributed by atoms with E-state index in [1.807, 2.05) is 0 Å². The van der Waals surface area contributed by atoms with Gasteiger partial charge in [0.15, 0.2) is 0 Å². The fourth-order valence-corrected chi connectivity index (χ4v) is 4.18. The summed E-state index contributed by atoms with van der Waals surface area (Å²) in [7, 11) is -4.60. The summed E-state index contributed by atoms with van der Waals surface area (Å²) < 4.78 is 32.9. The second kappa shape index (κ2) is 8.80. The molecule has 2 amide bonds. The van der Waals surface area contributed by atoms with Gasteiger partial charge >= 0.3 is 7.05 Å². The van der Waals surface area contributed by atoms with Crippen LogP contribution in [-0.4, -0.2) is 81.8 Å². The first-order valence-electron chi connectivity index (χ1n) is 9.25. The van der Waals surface area contributed by atoms with Crippen LogP contribution in [0.4, 0.5) is 11.4 Å². The quantitative estimate of drug-likeness (QED) is 0.463. The van der Waals surface area contributed by atoms with E-state index in [0.717, 1.165) is 6.26 Å². The number of ether oxygens (including phenoxy) is 1. The summed E-state index contributed by atoms with van der Waals surface area (Å²) in [6.45, 7) is 2.62. The van der Waals surface area contributed by atoms with Crippen LogP contribution in [0.3, 0.4) is 0 Å². The molecule has 158 valence electrons. The van der Waals surface area contributed by atoms with Gasteiger partial charge in [-0.1, -0.05) is 0 Å². The average molecular weight is 425 g/mol. The molecule has 0 aliphatic carbocycles. The molecule has 2 saturated heterocycles. The molecule has 2 N–H and O–H groups in total. The Labute approximate surface area is 170 Å². The highest BCUT2D eigenvalue weighted by Gasteiger charge is 2.41. The van der Waals surface area contributed by atoms with Crippen molar-refractivity contribution in [3.8, 4) is 0 Å². The smallest absolute Gasteiger partial charge is 0.377 e. The zero-order valence-corrected chi connectivity index (χ0v) is 17.1. The van der Waals surface area contributed by atoms with Crippen molar-refractivity contribution in [2.45, 2.75) is 25.4 Å². The molecule has 10 nitrogen and oxygen atoms in total. The van der Waals surface area contributed by atoms with Gasteiger partial charge in [-0.05, 0) is 37.5 Å². The van der Waals surface area contributed by atoms with E-state index < -0.39 is 29.3 Å². The number of nitrogens with one attached hydrogen (secondary N) is 1. The summed E-state index contributed by atoms with van der Waals surface area (Å²) in [5.74, 6) is -0.496. The highest BCUT2D eigenvalue weighted by Crippen LogP contribution is 2.25. The van der Waals surface area contributed by atoms with Gasteiger partial charge in [-0.3, -0.25) is 13.8 Å². The van der Waals surface area contributed by atoms with Crippen LogP contribution >= 0.6 is 0 Å². The van der Waals surface area contributed by atoms with Crippen LogP contribution in [0.1, 0.15) is 6.42 Å². The summed E-state index contributed by atoms with van der Waals surface area (Å²) >= 11 is 0. The van der Waals surface area contributed by atoms with Gasteiger partial charge in [-0.15, -0.1) is 0 Å². The summed E-state index contributed by atoms with van der Waals surface area (Å²) in [4.78, 5) is 27.7. The molecule has 2 fully saturated rings. The van der Waals surface area contributed by atoms with Crippen LogP contribution in [0, 0.1) is 0 Å². The molecule has 0 unspecified atom stereocenters. The molecule has 2 aliphatic rings. The molecule has 0 bridgehead atoms. The third kappa shape index (κ3) is 5.55. The normalized spacial score (nSPS) is 23.3. The third-order valence-electron chi connectivity index (χ3n) is 4.83. The lowest BCUT2D eigenvalue weighted by Crippen LogP contribution is -2.47. The molecule has 0 spiro atoms. The summed E-state index contributed by atoms with van der Waals surface area (Å²) in [5.41, 5.74) is 1.24. The van der Waals surface area contributed by atoms with Crippen molar-refractivity contribution in [2.24, 2.45) is 0 Å². The number of morpholine rings is 1. The van der Waals surface area contributed by atoms with Crippen LogP contribution in [-0.2, 0) is 28.6 Å². The molecule has 29 heavy (non-hydrogen) atoms. The van der Waals surface area contributed by atoms with Crippen molar-refractivity contribution < 1.29 is 32.0 Å². The predicted molar refractivity (Wildman–Crippen MR) is 107 cm³/mol. The van der Waals surface area contributed by atoms with Crippen molar-refractivity contribution >= 4 is 40.4 Å². The van der Waals surface area contributed by atoms with Crippen LogP contribution in [0.15, 0.2) is 24.3 Å². The number of carbonyl (C=O) groups excluding carboxylic acids is 2. The monoisotopic (exact) mass is 425 g/mol. The predicted octanol–water partition coefficient (Wildman–Crippen LogP) is -0.482. The van der Waals surface area contributed by atoms with E-state index in [2.05, 4.69) is 5.32 Å². The average Bonchev–Trinajstić information content (AvgIpc) is 3.05. The number of hydrogen-bond donors (Lipinski definition) is 2. The van der Waals surface area contributed by atoms with Crippen LogP contribution in [0.5, 0.6) is 0 Å². The number of benzene rings is 1. The second-order valence-electron chi connectivity index (χ2n) is 7.14. The molecule has 1 aromatic carbocycles. The Morgan fingerprint density at radius 2 is 2.03 bits per heavy atom. The van der Waals surface area contributed by atoms with Crippen molar-refractivity contribution in [1.82, 2.24) is 4.81 Å². The highest BCUT2D eigenvalue weighted by molar-refractivity contribution is 7.86. The largest absolute Gasteiger partial charge is 0.437 e. The number of anilines is 2. The molecule has 0 saturated carbocycles. The molecule has 2 aliphatic heterocycles. The van der Waals surface area contributed by atoms with Gasteiger partial charge < -0.3 is 24.8 Å². The van der Waals surface area contributed by atoms with E-state index in [-0.39, 0.29) is 31.4 Å². The van der Waals surface area contributed by atoms with E-state index in [1.54, 1.807) is 29.2 Å². The van der Waals surface area contributed by atoms with E-state index >= 15 is 0 Å². The summed E-state index contributed by atoms with van der Waals surface area (Å²) in [5, 5.41) is 12.7. The van der Waals surface area contributed by atoms with Gasteiger partial charge in [0.2, 0.25) is 5.91 Å². The van der Waals surface area contributed by atoms with E-state index in [0.29, 0.717) is 24.5 Å². The fourth-order valence-electron chi connectivity index (χ4n) is 3.55. The van der Waals surface area contributed by atoms with Crippen molar-refractivity contribution in [3.63, 3.8) is 0 Å². The number of hydrogen-bond acceptors (Lipinski definition) is 8. The number of nitrogens with zero attached hydrogens (tertiary/aromatic N) is 2. The molecule has 1 aromatic rings. The van der Waals surface area contributed by atoms with Crippen molar-refractivity contribution in [3.05, 3.63) is 24.3 Å². The highest BCUT2D eigenvalue weighted by atomic mass is 32.2. The Kier molecular flexibility index (Phi) is 6.59. The van der Waals surface area contributed by atoms with E-state index in [4.69, 9.17) is 8.92 Å². The Bertz CT molecular complexity index is 862. The topological polar surface area (TPSA) is 125 Å². The minimum atomic E-state index is -3.67. The number of rotatable bonds is 6. The van der Waals surface area contributed by atoms with Crippen LogP contribution in [0.2, 0.25) is 6.82 Å². The maximum atomic E-state index is 12.7. The maximum Gasteiger partial charge on any atom is 0.377 e. The molecule has 2 atom stereocenters.